The molecule has 0 fully saturated rings. The molecular formula is C16H18FNO4. The second kappa shape index (κ2) is 5.44. The number of nitrogens with zero attached hydrogens (tertiary/aromatic N) is 1. The highest BCUT2D eigenvalue weighted by molar-refractivity contribution is 6.02. The van der Waals surface area contributed by atoms with Crippen molar-refractivity contribution in [2.75, 3.05) is 7.11 Å². The van der Waals surface area contributed by atoms with Crippen molar-refractivity contribution in [3.63, 3.8) is 0 Å². The number of rotatable bonds is 1. The Morgan fingerprint density at radius 1 is 1.23 bits per heavy atom. The molecule has 0 unspecified atom stereocenters. The largest absolute Gasteiger partial charge is 0.464 e. The zero-order chi connectivity index (χ0) is 16.7. The molecule has 1 aromatic carbocycles. The lowest BCUT2D eigenvalue weighted by atomic mass is 10.1. The van der Waals surface area contributed by atoms with Crippen molar-refractivity contribution in [2.24, 2.45) is 0 Å². The molecule has 0 spiro atoms. The molecule has 0 aliphatic heterocycles. The monoisotopic (exact) mass is 307 g/mol. The van der Waals surface area contributed by atoms with E-state index in [-0.39, 0.29) is 11.2 Å². The molecule has 2 aromatic rings. The molecule has 118 valence electrons. The first-order valence-corrected chi connectivity index (χ1v) is 6.78. The summed E-state index contributed by atoms with van der Waals surface area (Å²) in [5.41, 5.74) is -0.0973. The number of benzene rings is 1. The molecule has 0 bridgehead atoms. The standard InChI is InChI=1S/C16H18FNO4/c1-9-6-7-11(17)13-10(9)8-12(14(19)21-5)18(13)15(20)22-16(2,3)4/h6-8H,1-5H3. The molecule has 0 amide bonds. The number of carbonyl (C=O) groups is 2. The minimum Gasteiger partial charge on any atom is -0.464 e. The third-order valence-electron chi connectivity index (χ3n) is 3.10. The van der Waals surface area contributed by atoms with Gasteiger partial charge < -0.3 is 9.47 Å². The molecule has 1 aromatic heterocycles. The maximum Gasteiger partial charge on any atom is 0.419 e. The summed E-state index contributed by atoms with van der Waals surface area (Å²) in [5.74, 6) is -1.34. The first-order valence-electron chi connectivity index (χ1n) is 6.78. The summed E-state index contributed by atoms with van der Waals surface area (Å²) in [6, 6.07) is 4.27. The Bertz CT molecular complexity index is 756. The Labute approximate surface area is 127 Å². The molecule has 6 heteroatoms. The van der Waals surface area contributed by atoms with Crippen LogP contribution in [0.3, 0.4) is 0 Å². The quantitative estimate of drug-likeness (QED) is 0.754. The van der Waals surface area contributed by atoms with Crippen LogP contribution in [-0.4, -0.2) is 29.3 Å². The van der Waals surface area contributed by atoms with E-state index >= 15 is 0 Å². The second-order valence-corrected chi connectivity index (χ2v) is 5.96. The van der Waals surface area contributed by atoms with E-state index in [1.54, 1.807) is 33.8 Å². The lowest BCUT2D eigenvalue weighted by Gasteiger charge is -2.20. The van der Waals surface area contributed by atoms with Crippen molar-refractivity contribution in [2.45, 2.75) is 33.3 Å². The summed E-state index contributed by atoms with van der Waals surface area (Å²) >= 11 is 0. The van der Waals surface area contributed by atoms with Gasteiger partial charge in [-0.25, -0.2) is 18.5 Å². The van der Waals surface area contributed by atoms with Crippen molar-refractivity contribution < 1.29 is 23.5 Å². The van der Waals surface area contributed by atoms with E-state index in [0.29, 0.717) is 5.39 Å². The predicted molar refractivity (Wildman–Crippen MR) is 79.6 cm³/mol. The Morgan fingerprint density at radius 2 is 1.86 bits per heavy atom. The Balaban J connectivity index is 2.76. The molecule has 22 heavy (non-hydrogen) atoms. The molecule has 0 radical (unpaired) electrons. The van der Waals surface area contributed by atoms with Crippen LogP contribution in [0.15, 0.2) is 18.2 Å². The number of hydrogen-bond acceptors (Lipinski definition) is 4. The summed E-state index contributed by atoms with van der Waals surface area (Å²) in [4.78, 5) is 24.3. The molecule has 0 saturated heterocycles. The highest BCUT2D eigenvalue weighted by atomic mass is 19.1. The topological polar surface area (TPSA) is 57.5 Å². The molecular weight excluding hydrogens is 289 g/mol. The van der Waals surface area contributed by atoms with Gasteiger partial charge in [-0.05, 0) is 45.4 Å². The summed E-state index contributed by atoms with van der Waals surface area (Å²) in [7, 11) is 1.20. The summed E-state index contributed by atoms with van der Waals surface area (Å²) in [6.07, 6.45) is -0.826. The Hall–Kier alpha value is -2.37. The van der Waals surface area contributed by atoms with Crippen LogP contribution < -0.4 is 0 Å². The van der Waals surface area contributed by atoms with Gasteiger partial charge in [-0.3, -0.25) is 0 Å². The van der Waals surface area contributed by atoms with Gasteiger partial charge >= 0.3 is 12.1 Å². The van der Waals surface area contributed by atoms with Crippen LogP contribution in [0, 0.1) is 12.7 Å². The van der Waals surface area contributed by atoms with Crippen molar-refractivity contribution >= 4 is 23.0 Å². The van der Waals surface area contributed by atoms with Gasteiger partial charge in [0.25, 0.3) is 0 Å². The molecule has 0 atom stereocenters. The van der Waals surface area contributed by atoms with Crippen LogP contribution in [0.1, 0.15) is 36.8 Å². The van der Waals surface area contributed by atoms with E-state index < -0.39 is 23.5 Å². The van der Waals surface area contributed by atoms with Gasteiger partial charge in [0.1, 0.15) is 17.1 Å². The van der Waals surface area contributed by atoms with E-state index in [1.807, 2.05) is 0 Å². The highest BCUT2D eigenvalue weighted by Crippen LogP contribution is 2.27. The molecule has 0 saturated carbocycles. The number of aromatic nitrogens is 1. The molecule has 2 rings (SSSR count). The number of aryl methyl sites for hydroxylation is 1. The molecule has 1 heterocycles. The summed E-state index contributed by atoms with van der Waals surface area (Å²) in [5, 5.41) is 0.464. The average Bonchev–Trinajstić information content (AvgIpc) is 2.82. The van der Waals surface area contributed by atoms with Crippen molar-refractivity contribution in [3.8, 4) is 0 Å². The first-order chi connectivity index (χ1) is 10.2. The fourth-order valence-corrected chi connectivity index (χ4v) is 2.17. The Morgan fingerprint density at radius 3 is 2.41 bits per heavy atom. The number of methoxy groups -OCH3 is 1. The molecule has 0 aliphatic rings. The lowest BCUT2D eigenvalue weighted by molar-refractivity contribution is 0.0489. The minimum absolute atomic E-state index is 0.00894. The zero-order valence-corrected chi connectivity index (χ0v) is 13.2. The summed E-state index contributed by atoms with van der Waals surface area (Å²) in [6.45, 7) is 6.84. The molecule has 0 N–H and O–H groups in total. The van der Waals surface area contributed by atoms with Crippen LogP contribution >= 0.6 is 0 Å². The first kappa shape index (κ1) is 16.0. The van der Waals surface area contributed by atoms with Crippen LogP contribution in [0.2, 0.25) is 0 Å². The van der Waals surface area contributed by atoms with Crippen LogP contribution in [-0.2, 0) is 9.47 Å². The minimum atomic E-state index is -0.826. The molecule has 0 aliphatic carbocycles. The predicted octanol–water partition coefficient (Wildman–Crippen LogP) is 3.66. The Kier molecular flexibility index (Phi) is 3.96. The van der Waals surface area contributed by atoms with E-state index in [9.17, 15) is 14.0 Å². The maximum absolute atomic E-state index is 14.2. The second-order valence-electron chi connectivity index (χ2n) is 5.96. The number of hydrogen-bond donors (Lipinski definition) is 0. The fraction of sp³-hybridized carbons (Fsp3) is 0.375. The normalized spacial score (nSPS) is 11.5. The average molecular weight is 307 g/mol. The van der Waals surface area contributed by atoms with Crippen LogP contribution in [0.5, 0.6) is 0 Å². The highest BCUT2D eigenvalue weighted by Gasteiger charge is 2.27. The van der Waals surface area contributed by atoms with Crippen LogP contribution in [0.25, 0.3) is 10.9 Å². The molecule has 5 nitrogen and oxygen atoms in total. The van der Waals surface area contributed by atoms with Gasteiger partial charge in [-0.1, -0.05) is 6.07 Å². The SMILES string of the molecule is COC(=O)c1cc2c(C)ccc(F)c2n1C(=O)OC(C)(C)C. The number of halogens is 1. The van der Waals surface area contributed by atoms with E-state index in [1.165, 1.54) is 19.2 Å². The van der Waals surface area contributed by atoms with Gasteiger partial charge in [0.15, 0.2) is 0 Å². The van der Waals surface area contributed by atoms with Gasteiger partial charge in [-0.15, -0.1) is 0 Å². The van der Waals surface area contributed by atoms with Gasteiger partial charge in [0, 0.05) is 5.39 Å². The number of esters is 1. The van der Waals surface area contributed by atoms with E-state index in [0.717, 1.165) is 10.1 Å². The zero-order valence-electron chi connectivity index (χ0n) is 13.2. The number of carbonyl (C=O) groups excluding carboxylic acids is 2. The van der Waals surface area contributed by atoms with Crippen LogP contribution in [0.4, 0.5) is 9.18 Å². The number of fused-ring (bicyclic) bond motifs is 1. The van der Waals surface area contributed by atoms with E-state index in [4.69, 9.17) is 4.74 Å². The third kappa shape index (κ3) is 2.81. The van der Waals surface area contributed by atoms with Crippen molar-refractivity contribution in [1.82, 2.24) is 4.57 Å². The number of ether oxygens (including phenoxy) is 2. The maximum atomic E-state index is 14.2. The van der Waals surface area contributed by atoms with Gasteiger partial charge in [0.05, 0.1) is 12.6 Å². The van der Waals surface area contributed by atoms with Crippen molar-refractivity contribution in [3.05, 3.63) is 35.3 Å². The third-order valence-corrected chi connectivity index (χ3v) is 3.10. The van der Waals surface area contributed by atoms with Gasteiger partial charge in [0.2, 0.25) is 0 Å². The van der Waals surface area contributed by atoms with Gasteiger partial charge in [-0.2, -0.15) is 0 Å². The van der Waals surface area contributed by atoms with E-state index in [2.05, 4.69) is 4.74 Å². The smallest absolute Gasteiger partial charge is 0.419 e. The fourth-order valence-electron chi connectivity index (χ4n) is 2.17. The lowest BCUT2D eigenvalue weighted by Crippen LogP contribution is -2.29. The van der Waals surface area contributed by atoms with Crippen molar-refractivity contribution in [1.29, 1.82) is 0 Å². The summed E-state index contributed by atoms with van der Waals surface area (Å²) < 4.78 is 25.1.